The maximum absolute atomic E-state index is 3.28. The van der Waals surface area contributed by atoms with Crippen molar-refractivity contribution in [3.63, 3.8) is 0 Å². The minimum Gasteiger partial charge on any atom is -0.0625 e. The quantitative estimate of drug-likeness (QED) is 0.283. The Kier molecular flexibility index (Phi) is 7.96. The van der Waals surface area contributed by atoms with Crippen LogP contribution in [0.5, 0.6) is 0 Å². The molecule has 0 radical (unpaired) electrons. The third-order valence-corrected chi connectivity index (χ3v) is 1.89. The van der Waals surface area contributed by atoms with Gasteiger partial charge in [-0.1, -0.05) is 39.0 Å². The number of rotatable bonds is 0. The van der Waals surface area contributed by atoms with Crippen molar-refractivity contribution in [1.29, 1.82) is 0 Å². The van der Waals surface area contributed by atoms with Crippen LogP contribution in [-0.2, 0) is 0 Å². The summed E-state index contributed by atoms with van der Waals surface area (Å²) in [6.07, 6.45) is 7.44. The number of hydrogen-bond acceptors (Lipinski definition) is 0. The first-order valence-electron chi connectivity index (χ1n) is 4.24. The van der Waals surface area contributed by atoms with E-state index in [0.717, 1.165) is 5.92 Å². The molecule has 0 aliphatic heterocycles. The molecule has 0 heterocycles. The van der Waals surface area contributed by atoms with E-state index in [4.69, 9.17) is 0 Å². The molecule has 0 bridgehead atoms. The molecule has 0 N–H and O–H groups in total. The summed E-state index contributed by atoms with van der Waals surface area (Å²) in [5.74, 6) is 1.04. The van der Waals surface area contributed by atoms with Gasteiger partial charge in [-0.15, -0.1) is 0 Å². The Morgan fingerprint density at radius 3 is 1.31 bits per heavy atom. The Labute approximate surface area is 121 Å². The second kappa shape index (κ2) is 6.54. The Morgan fingerprint density at radius 1 is 0.846 bits per heavy atom. The van der Waals surface area contributed by atoms with Crippen molar-refractivity contribution in [2.75, 3.05) is 0 Å². The molecule has 0 aromatic rings. The van der Waals surface area contributed by atoms with E-state index in [-0.39, 0.29) is 0 Å². The standard InChI is InChI=1S/C7H14.Br5P/c1-7-5-3-2-4-6-7;1-6(2,3,4)5/h7H,2-6H2,1H3;. The van der Waals surface area contributed by atoms with Crippen molar-refractivity contribution in [3.8, 4) is 0 Å². The van der Waals surface area contributed by atoms with Crippen LogP contribution in [0.15, 0.2) is 0 Å². The molecule has 1 aliphatic rings. The van der Waals surface area contributed by atoms with Crippen LogP contribution in [0.1, 0.15) is 39.0 Å². The molecule has 0 atom stereocenters. The first kappa shape index (κ1) is 15.8. The van der Waals surface area contributed by atoms with Gasteiger partial charge in [-0.05, 0) is 5.92 Å². The fourth-order valence-corrected chi connectivity index (χ4v) is 1.31. The van der Waals surface area contributed by atoms with E-state index in [2.05, 4.69) is 84.4 Å². The number of hydrogen-bond donors (Lipinski definition) is 0. The monoisotopic (exact) mass is 524 g/mol. The van der Waals surface area contributed by atoms with Gasteiger partial charge in [0.1, 0.15) is 0 Å². The predicted octanol–water partition coefficient (Wildman–Crippen LogP) is 7.68. The maximum atomic E-state index is 3.28. The summed E-state index contributed by atoms with van der Waals surface area (Å²) in [5.41, 5.74) is 0. The van der Waals surface area contributed by atoms with Crippen LogP contribution in [0.25, 0.3) is 0 Å². The Morgan fingerprint density at radius 2 is 1.15 bits per heavy atom. The summed E-state index contributed by atoms with van der Waals surface area (Å²) in [7, 11) is 0. The van der Waals surface area contributed by atoms with Gasteiger partial charge in [-0.3, -0.25) is 0 Å². The van der Waals surface area contributed by atoms with Gasteiger partial charge in [0.2, 0.25) is 0 Å². The molecule has 0 aromatic heterocycles. The fourth-order valence-electron chi connectivity index (χ4n) is 1.31. The van der Waals surface area contributed by atoms with Crippen molar-refractivity contribution in [3.05, 3.63) is 0 Å². The van der Waals surface area contributed by atoms with Gasteiger partial charge in [-0.25, -0.2) is 0 Å². The Balaban J connectivity index is 0.000000226. The third-order valence-electron chi connectivity index (χ3n) is 1.89. The molecule has 0 unspecified atom stereocenters. The molecule has 1 rings (SSSR count). The molecule has 0 saturated heterocycles. The summed E-state index contributed by atoms with van der Waals surface area (Å²) in [6.45, 7) is 2.36. The zero-order chi connectivity index (χ0) is 10.6. The molecule has 1 fully saturated rings. The van der Waals surface area contributed by atoms with Crippen LogP contribution in [0.4, 0.5) is 0 Å². The average molecular weight is 529 g/mol. The molecule has 13 heavy (non-hydrogen) atoms. The predicted molar refractivity (Wildman–Crippen MR) is 83.8 cm³/mol. The summed E-state index contributed by atoms with van der Waals surface area (Å²) in [4.78, 5) is 0. The van der Waals surface area contributed by atoms with Crippen molar-refractivity contribution in [1.82, 2.24) is 0 Å². The average Bonchev–Trinajstić information content (AvgIpc) is 1.83. The van der Waals surface area contributed by atoms with E-state index in [1.807, 2.05) is 0 Å². The van der Waals surface area contributed by atoms with Crippen LogP contribution < -0.4 is 0 Å². The van der Waals surface area contributed by atoms with Gasteiger partial charge in [0, 0.05) is 0 Å². The van der Waals surface area contributed by atoms with Crippen molar-refractivity contribution >= 4 is 77.6 Å². The van der Waals surface area contributed by atoms with E-state index in [9.17, 15) is 0 Å². The van der Waals surface area contributed by atoms with Crippen LogP contribution in [0.2, 0.25) is 0 Å². The minimum absolute atomic E-state index is 1.04. The molecule has 1 aliphatic carbocycles. The van der Waals surface area contributed by atoms with E-state index >= 15 is 0 Å². The molecular weight excluding hydrogens is 515 g/mol. The van der Waals surface area contributed by atoms with E-state index in [1.165, 1.54) is 32.1 Å². The van der Waals surface area contributed by atoms with E-state index < -0.39 is 0.115 Å². The molecule has 1 saturated carbocycles. The summed E-state index contributed by atoms with van der Waals surface area (Å²) in [5, 5.41) is 0. The molecule has 82 valence electrons. The first-order chi connectivity index (χ1) is 5.63. The molecule has 6 heteroatoms. The van der Waals surface area contributed by atoms with Gasteiger partial charge in [0.05, 0.1) is 0 Å². The van der Waals surface area contributed by atoms with E-state index in [0.29, 0.717) is 0 Å². The van der Waals surface area contributed by atoms with E-state index in [1.54, 1.807) is 0 Å². The third kappa shape index (κ3) is 20.8. The SMILES string of the molecule is BrP(Br)(Br)(Br)Br.CC1CCCCC1. The zero-order valence-electron chi connectivity index (χ0n) is 7.45. The summed E-state index contributed by atoms with van der Waals surface area (Å²) < 4.78 is -1.99. The largest absolute Gasteiger partial charge is 0.0625 e. The molecule has 0 nitrogen and oxygen atoms in total. The van der Waals surface area contributed by atoms with Gasteiger partial charge in [0.25, 0.3) is 0 Å². The molecule has 0 aromatic carbocycles. The molecule has 0 spiro atoms. The Bertz CT molecular complexity index is 128. The van der Waals surface area contributed by atoms with Gasteiger partial charge in [-0.2, -0.15) is 0 Å². The summed E-state index contributed by atoms with van der Waals surface area (Å²) in [6, 6.07) is 0. The molecule has 0 amide bonds. The van der Waals surface area contributed by atoms with Gasteiger partial charge >= 0.3 is 77.6 Å². The second-order valence-electron chi connectivity index (χ2n) is 3.38. The van der Waals surface area contributed by atoms with Crippen LogP contribution in [0.3, 0.4) is 0 Å². The smallest absolute Gasteiger partial charge is 0.0443 e. The Hall–Kier alpha value is 2.83. The van der Waals surface area contributed by atoms with Crippen LogP contribution in [-0.4, -0.2) is 0 Å². The molecular formula is C7H14Br5P. The van der Waals surface area contributed by atoms with Gasteiger partial charge < -0.3 is 0 Å². The number of halogens is 5. The minimum atomic E-state index is -1.99. The maximum Gasteiger partial charge on any atom is -0.0443 e. The second-order valence-corrected chi connectivity index (χ2v) is 54.5. The summed E-state index contributed by atoms with van der Waals surface area (Å²) >= 11 is 16.4. The topological polar surface area (TPSA) is 0 Å². The first-order valence-corrected chi connectivity index (χ1v) is 16.6. The van der Waals surface area contributed by atoms with Crippen LogP contribution in [0, 0.1) is 5.92 Å². The van der Waals surface area contributed by atoms with Crippen LogP contribution >= 0.6 is 77.6 Å². The van der Waals surface area contributed by atoms with Crippen molar-refractivity contribution in [2.45, 2.75) is 39.0 Å². The van der Waals surface area contributed by atoms with Gasteiger partial charge in [0.15, 0.2) is 0 Å². The zero-order valence-corrected chi connectivity index (χ0v) is 16.3. The van der Waals surface area contributed by atoms with Crippen molar-refractivity contribution in [2.24, 2.45) is 5.92 Å². The fraction of sp³-hybridized carbons (Fsp3) is 1.00. The van der Waals surface area contributed by atoms with Crippen molar-refractivity contribution < 1.29 is 0 Å². The normalized spacial score (nSPS) is 22.5.